The highest BCUT2D eigenvalue weighted by atomic mass is 16.7. The monoisotopic (exact) mass is 230 g/mol. The Morgan fingerprint density at radius 1 is 1.29 bits per heavy atom. The van der Waals surface area contributed by atoms with Gasteiger partial charge in [0.2, 0.25) is 0 Å². The molecule has 0 N–H and O–H groups in total. The molecule has 0 bridgehead atoms. The third-order valence-electron chi connectivity index (χ3n) is 3.63. The normalized spacial score (nSPS) is 30.8. The van der Waals surface area contributed by atoms with E-state index in [0.717, 1.165) is 19.4 Å². The van der Waals surface area contributed by atoms with E-state index in [1.54, 1.807) is 0 Å². The summed E-state index contributed by atoms with van der Waals surface area (Å²) in [4.78, 5) is 0. The lowest BCUT2D eigenvalue weighted by Gasteiger charge is -2.37. The van der Waals surface area contributed by atoms with E-state index in [0.29, 0.717) is 5.92 Å². The SMILES string of the molecule is CCOC1CCC2c3ccccc3C=CC2O1. The summed E-state index contributed by atoms with van der Waals surface area (Å²) < 4.78 is 11.5. The predicted molar refractivity (Wildman–Crippen MR) is 67.7 cm³/mol. The highest BCUT2D eigenvalue weighted by molar-refractivity contribution is 5.59. The van der Waals surface area contributed by atoms with Gasteiger partial charge in [-0.2, -0.15) is 0 Å². The molecule has 1 aliphatic carbocycles. The average Bonchev–Trinajstić information content (AvgIpc) is 2.39. The molecule has 3 unspecified atom stereocenters. The molecule has 0 amide bonds. The largest absolute Gasteiger partial charge is 0.353 e. The molecule has 0 spiro atoms. The van der Waals surface area contributed by atoms with Crippen molar-refractivity contribution in [2.75, 3.05) is 6.61 Å². The van der Waals surface area contributed by atoms with E-state index < -0.39 is 0 Å². The maximum Gasteiger partial charge on any atom is 0.158 e. The quantitative estimate of drug-likeness (QED) is 0.775. The molecule has 2 nitrogen and oxygen atoms in total. The molecular formula is C15H18O2. The number of benzene rings is 1. The van der Waals surface area contributed by atoms with Crippen molar-refractivity contribution in [2.24, 2.45) is 0 Å². The van der Waals surface area contributed by atoms with Crippen LogP contribution in [0.1, 0.15) is 36.8 Å². The van der Waals surface area contributed by atoms with E-state index in [2.05, 4.69) is 36.4 Å². The lowest BCUT2D eigenvalue weighted by atomic mass is 9.81. The van der Waals surface area contributed by atoms with Gasteiger partial charge in [-0.3, -0.25) is 0 Å². The van der Waals surface area contributed by atoms with Gasteiger partial charge in [0.15, 0.2) is 6.29 Å². The molecule has 90 valence electrons. The van der Waals surface area contributed by atoms with Gasteiger partial charge < -0.3 is 9.47 Å². The first-order valence-corrected chi connectivity index (χ1v) is 6.42. The summed E-state index contributed by atoms with van der Waals surface area (Å²) in [6, 6.07) is 8.61. The summed E-state index contributed by atoms with van der Waals surface area (Å²) in [5.74, 6) is 0.507. The molecule has 1 aromatic rings. The second kappa shape index (κ2) is 4.63. The van der Waals surface area contributed by atoms with Crippen LogP contribution in [0.3, 0.4) is 0 Å². The molecule has 1 heterocycles. The lowest BCUT2D eigenvalue weighted by molar-refractivity contribution is -0.185. The van der Waals surface area contributed by atoms with Crippen LogP contribution in [0.2, 0.25) is 0 Å². The van der Waals surface area contributed by atoms with Crippen LogP contribution >= 0.6 is 0 Å². The van der Waals surface area contributed by atoms with E-state index >= 15 is 0 Å². The van der Waals surface area contributed by atoms with Crippen molar-refractivity contribution in [3.05, 3.63) is 41.5 Å². The molecule has 1 saturated heterocycles. The molecule has 0 saturated carbocycles. The smallest absolute Gasteiger partial charge is 0.158 e. The number of ether oxygens (including phenoxy) is 2. The Bertz CT molecular complexity index is 425. The molecular weight excluding hydrogens is 212 g/mol. The molecule has 17 heavy (non-hydrogen) atoms. The van der Waals surface area contributed by atoms with Gasteiger partial charge in [0, 0.05) is 12.5 Å². The summed E-state index contributed by atoms with van der Waals surface area (Å²) in [7, 11) is 0. The minimum Gasteiger partial charge on any atom is -0.353 e. The van der Waals surface area contributed by atoms with Gasteiger partial charge in [-0.25, -0.2) is 0 Å². The van der Waals surface area contributed by atoms with Gasteiger partial charge in [0.05, 0.1) is 6.10 Å². The minimum absolute atomic E-state index is 0.0174. The number of hydrogen-bond acceptors (Lipinski definition) is 2. The first-order valence-electron chi connectivity index (χ1n) is 6.42. The summed E-state index contributed by atoms with van der Waals surface area (Å²) in [6.07, 6.45) is 6.67. The van der Waals surface area contributed by atoms with E-state index in [9.17, 15) is 0 Å². The van der Waals surface area contributed by atoms with Crippen molar-refractivity contribution in [1.82, 2.24) is 0 Å². The van der Waals surface area contributed by atoms with Crippen LogP contribution in [-0.2, 0) is 9.47 Å². The van der Waals surface area contributed by atoms with Crippen LogP contribution in [0.4, 0.5) is 0 Å². The van der Waals surface area contributed by atoms with E-state index in [4.69, 9.17) is 9.47 Å². The average molecular weight is 230 g/mol. The standard InChI is InChI=1S/C15H18O2/c1-2-16-15-10-8-13-12-6-4-3-5-11(12)7-9-14(13)17-15/h3-7,9,13-15H,2,8,10H2,1H3. The number of hydrogen-bond donors (Lipinski definition) is 0. The van der Waals surface area contributed by atoms with E-state index in [-0.39, 0.29) is 12.4 Å². The summed E-state index contributed by atoms with van der Waals surface area (Å²) in [6.45, 7) is 2.74. The molecule has 3 atom stereocenters. The Hall–Kier alpha value is -1.12. The third-order valence-corrected chi connectivity index (χ3v) is 3.63. The zero-order valence-electron chi connectivity index (χ0n) is 10.1. The maximum absolute atomic E-state index is 5.98. The van der Waals surface area contributed by atoms with Crippen LogP contribution < -0.4 is 0 Å². The first-order chi connectivity index (χ1) is 8.38. The van der Waals surface area contributed by atoms with Crippen LogP contribution in [-0.4, -0.2) is 19.0 Å². The highest BCUT2D eigenvalue weighted by Gasteiger charge is 2.33. The fraction of sp³-hybridized carbons (Fsp3) is 0.467. The van der Waals surface area contributed by atoms with Crippen LogP contribution in [0.25, 0.3) is 6.08 Å². The highest BCUT2D eigenvalue weighted by Crippen LogP contribution is 2.39. The molecule has 1 aliphatic heterocycles. The Morgan fingerprint density at radius 2 is 2.18 bits per heavy atom. The Labute approximate surface area is 102 Å². The number of rotatable bonds is 2. The van der Waals surface area contributed by atoms with Crippen molar-refractivity contribution in [3.8, 4) is 0 Å². The third kappa shape index (κ3) is 2.03. The van der Waals surface area contributed by atoms with E-state index in [1.807, 2.05) is 6.92 Å². The second-order valence-corrected chi connectivity index (χ2v) is 4.66. The van der Waals surface area contributed by atoms with Crippen molar-refractivity contribution in [3.63, 3.8) is 0 Å². The van der Waals surface area contributed by atoms with Crippen molar-refractivity contribution >= 4 is 6.08 Å². The molecule has 2 heteroatoms. The van der Waals surface area contributed by atoms with Gasteiger partial charge in [-0.1, -0.05) is 36.4 Å². The second-order valence-electron chi connectivity index (χ2n) is 4.66. The van der Waals surface area contributed by atoms with Crippen LogP contribution in [0.5, 0.6) is 0 Å². The minimum atomic E-state index is -0.0174. The zero-order valence-corrected chi connectivity index (χ0v) is 10.1. The first kappa shape index (κ1) is 11.0. The molecule has 1 aromatic carbocycles. The van der Waals surface area contributed by atoms with Gasteiger partial charge >= 0.3 is 0 Å². The summed E-state index contributed by atoms with van der Waals surface area (Å²) in [5.41, 5.74) is 2.77. The molecule has 2 aliphatic rings. The van der Waals surface area contributed by atoms with Gasteiger partial charge in [0.1, 0.15) is 0 Å². The predicted octanol–water partition coefficient (Wildman–Crippen LogP) is 3.34. The Balaban J connectivity index is 1.82. The van der Waals surface area contributed by atoms with Crippen molar-refractivity contribution in [1.29, 1.82) is 0 Å². The molecule has 0 aromatic heterocycles. The van der Waals surface area contributed by atoms with Crippen molar-refractivity contribution < 1.29 is 9.47 Å². The summed E-state index contributed by atoms with van der Waals surface area (Å²) >= 11 is 0. The van der Waals surface area contributed by atoms with Gasteiger partial charge in [0.25, 0.3) is 0 Å². The van der Waals surface area contributed by atoms with E-state index in [1.165, 1.54) is 11.1 Å². The van der Waals surface area contributed by atoms with Gasteiger partial charge in [-0.05, 0) is 30.9 Å². The van der Waals surface area contributed by atoms with Crippen LogP contribution in [0, 0.1) is 0 Å². The topological polar surface area (TPSA) is 18.5 Å². The van der Waals surface area contributed by atoms with Crippen LogP contribution in [0.15, 0.2) is 30.3 Å². The van der Waals surface area contributed by atoms with Crippen molar-refractivity contribution in [2.45, 2.75) is 38.1 Å². The molecule has 0 radical (unpaired) electrons. The Kier molecular flexibility index (Phi) is 3.00. The summed E-state index contributed by atoms with van der Waals surface area (Å²) in [5, 5.41) is 0. The fourth-order valence-electron chi connectivity index (χ4n) is 2.84. The molecule has 1 fully saturated rings. The fourth-order valence-corrected chi connectivity index (χ4v) is 2.84. The Morgan fingerprint density at radius 3 is 3.06 bits per heavy atom. The zero-order chi connectivity index (χ0) is 11.7. The lowest BCUT2D eigenvalue weighted by Crippen LogP contribution is -2.35. The van der Waals surface area contributed by atoms with Gasteiger partial charge in [-0.15, -0.1) is 0 Å². The maximum atomic E-state index is 5.98. The number of fused-ring (bicyclic) bond motifs is 3. The molecule has 3 rings (SSSR count).